The molecule has 1 saturated heterocycles. The van der Waals surface area contributed by atoms with Crippen LogP contribution in [0.4, 0.5) is 0 Å². The van der Waals surface area contributed by atoms with Gasteiger partial charge in [0.05, 0.1) is 23.4 Å². The molecule has 1 aromatic rings. The molecule has 238 valence electrons. The average molecular weight is 597 g/mol. The minimum Gasteiger partial charge on any atom is -0.507 e. The zero-order valence-corrected chi connectivity index (χ0v) is 27.4. The molecule has 0 bridgehead atoms. The lowest BCUT2D eigenvalue weighted by Crippen LogP contribution is -2.59. The zero-order chi connectivity index (χ0) is 31.9. The highest BCUT2D eigenvalue weighted by atomic mass is 16.6. The highest BCUT2D eigenvalue weighted by molar-refractivity contribution is 5.82. The number of esters is 1. The van der Waals surface area contributed by atoms with Crippen LogP contribution in [0.2, 0.25) is 0 Å². The number of ether oxygens (including phenoxy) is 2. The number of allylic oxidation sites excluding steroid dienone is 3. The number of hydrogen-bond acceptors (Lipinski definition) is 7. The Morgan fingerprint density at radius 1 is 1.14 bits per heavy atom. The summed E-state index contributed by atoms with van der Waals surface area (Å²) in [5.74, 6) is 0.262. The van der Waals surface area contributed by atoms with Gasteiger partial charge in [-0.2, -0.15) is 0 Å². The van der Waals surface area contributed by atoms with E-state index in [-0.39, 0.29) is 52.5 Å². The lowest BCUT2D eigenvalue weighted by atomic mass is 9.44. The Labute approximate surface area is 257 Å². The smallest absolute Gasteiger partial charge is 0.342 e. The predicted octanol–water partition coefficient (Wildman–Crippen LogP) is 6.89. The Hall–Kier alpha value is -2.64. The predicted molar refractivity (Wildman–Crippen MR) is 168 cm³/mol. The molecule has 7 heteroatoms. The monoisotopic (exact) mass is 596 g/mol. The van der Waals surface area contributed by atoms with Crippen molar-refractivity contribution in [2.45, 2.75) is 124 Å². The summed E-state index contributed by atoms with van der Waals surface area (Å²) in [4.78, 5) is 25.7. The van der Waals surface area contributed by atoms with Crippen molar-refractivity contribution in [3.8, 4) is 5.75 Å². The van der Waals surface area contributed by atoms with Gasteiger partial charge in [0.25, 0.3) is 0 Å². The van der Waals surface area contributed by atoms with Crippen LogP contribution in [0, 0.1) is 42.4 Å². The maximum atomic E-state index is 12.9. The molecule has 2 aliphatic carbocycles. The van der Waals surface area contributed by atoms with Crippen LogP contribution in [0.25, 0.3) is 0 Å². The highest BCUT2D eigenvalue weighted by Crippen LogP contribution is 2.64. The van der Waals surface area contributed by atoms with Crippen molar-refractivity contribution in [3.05, 3.63) is 63.8 Å². The van der Waals surface area contributed by atoms with Crippen LogP contribution < -0.4 is 5.63 Å². The molecule has 2 N–H and O–H groups in total. The maximum absolute atomic E-state index is 12.9. The molecule has 1 aromatic heterocycles. The summed E-state index contributed by atoms with van der Waals surface area (Å²) in [6.07, 6.45) is 10.8. The number of aryl methyl sites for hydroxylation is 1. The van der Waals surface area contributed by atoms with Gasteiger partial charge in [-0.3, -0.25) is 0 Å². The van der Waals surface area contributed by atoms with Gasteiger partial charge in [0, 0.05) is 11.6 Å². The summed E-state index contributed by atoms with van der Waals surface area (Å²) in [5.41, 5.74) is -0.337. The Bertz CT molecular complexity index is 1340. The van der Waals surface area contributed by atoms with Crippen LogP contribution >= 0.6 is 0 Å². The minimum absolute atomic E-state index is 0.0321. The van der Waals surface area contributed by atoms with Gasteiger partial charge >= 0.3 is 11.6 Å². The first-order chi connectivity index (χ1) is 20.0. The average Bonchev–Trinajstić information content (AvgIpc) is 3.04. The second-order valence-electron chi connectivity index (χ2n) is 14.4. The van der Waals surface area contributed by atoms with E-state index < -0.39 is 23.4 Å². The second kappa shape index (κ2) is 12.4. The summed E-state index contributed by atoms with van der Waals surface area (Å²) in [7, 11) is 0. The molecule has 3 fully saturated rings. The summed E-state index contributed by atoms with van der Waals surface area (Å²) < 4.78 is 18.3. The van der Waals surface area contributed by atoms with Crippen molar-refractivity contribution in [3.63, 3.8) is 0 Å². The van der Waals surface area contributed by atoms with Crippen molar-refractivity contribution < 1.29 is 28.9 Å². The molecule has 3 aliphatic rings. The molecule has 8 atom stereocenters. The molecule has 1 aliphatic heterocycles. The molecule has 0 aromatic carbocycles. The topological polar surface area (TPSA) is 106 Å². The molecule has 4 rings (SSSR count). The third-order valence-corrected chi connectivity index (χ3v) is 11.3. The van der Waals surface area contributed by atoms with Crippen LogP contribution in [0.1, 0.15) is 97.0 Å². The number of hydrogen-bond donors (Lipinski definition) is 2. The van der Waals surface area contributed by atoms with Crippen molar-refractivity contribution in [2.24, 2.45) is 28.6 Å². The van der Waals surface area contributed by atoms with E-state index in [0.717, 1.165) is 25.7 Å². The van der Waals surface area contributed by atoms with Gasteiger partial charge in [-0.1, -0.05) is 58.9 Å². The highest BCUT2D eigenvalue weighted by Gasteiger charge is 2.62. The minimum atomic E-state index is -0.738. The Morgan fingerprint density at radius 2 is 1.81 bits per heavy atom. The number of aliphatic hydroxyl groups is 1. The first kappa shape index (κ1) is 33.3. The quantitative estimate of drug-likeness (QED) is 0.153. The SMILES string of the molecule is C=C1[C@H](O)C[C@@H]2[C@](C)(CC[C@H]3OC(C)(C)[C@@H](OC(=O)/C=C/C=C/[C@@H](C)CC)CC[C@]23C)[C@@H]1Cc1c(O)c(C)c(C)oc1=O. The Balaban J connectivity index is 1.60. The van der Waals surface area contributed by atoms with Crippen LogP contribution in [-0.4, -0.2) is 40.1 Å². The van der Waals surface area contributed by atoms with E-state index in [0.29, 0.717) is 35.7 Å². The fourth-order valence-corrected chi connectivity index (χ4v) is 8.09. The number of rotatable bonds is 7. The lowest BCUT2D eigenvalue weighted by Gasteiger charge is -2.62. The zero-order valence-electron chi connectivity index (χ0n) is 27.4. The third-order valence-electron chi connectivity index (χ3n) is 11.3. The van der Waals surface area contributed by atoms with E-state index in [4.69, 9.17) is 13.9 Å². The number of carbonyl (C=O) groups is 1. The lowest BCUT2D eigenvalue weighted by molar-refractivity contribution is -0.209. The summed E-state index contributed by atoms with van der Waals surface area (Å²) in [6.45, 7) is 20.5. The molecule has 2 saturated carbocycles. The molecule has 7 nitrogen and oxygen atoms in total. The largest absolute Gasteiger partial charge is 0.507 e. The molecule has 0 amide bonds. The van der Waals surface area contributed by atoms with E-state index in [1.165, 1.54) is 6.08 Å². The van der Waals surface area contributed by atoms with Crippen molar-refractivity contribution in [1.29, 1.82) is 0 Å². The normalized spacial score (nSPS) is 34.9. The van der Waals surface area contributed by atoms with Gasteiger partial charge in [0.1, 0.15) is 17.6 Å². The van der Waals surface area contributed by atoms with E-state index in [1.807, 2.05) is 19.9 Å². The van der Waals surface area contributed by atoms with Crippen LogP contribution in [0.5, 0.6) is 5.75 Å². The molecule has 2 heterocycles. The fourth-order valence-electron chi connectivity index (χ4n) is 8.09. The second-order valence-corrected chi connectivity index (χ2v) is 14.4. The maximum Gasteiger partial charge on any atom is 0.342 e. The number of fused-ring (bicyclic) bond motifs is 3. The molecule has 0 spiro atoms. The Morgan fingerprint density at radius 3 is 2.49 bits per heavy atom. The van der Waals surface area contributed by atoms with Gasteiger partial charge in [0.2, 0.25) is 0 Å². The summed E-state index contributed by atoms with van der Waals surface area (Å²) >= 11 is 0. The first-order valence-electron chi connectivity index (χ1n) is 16.0. The van der Waals surface area contributed by atoms with Crippen LogP contribution in [0.3, 0.4) is 0 Å². The summed E-state index contributed by atoms with van der Waals surface area (Å²) in [6, 6.07) is 0. The molecule has 43 heavy (non-hydrogen) atoms. The number of carbonyl (C=O) groups excluding carboxylic acids is 1. The third kappa shape index (κ3) is 6.30. The molecular weight excluding hydrogens is 544 g/mol. The van der Waals surface area contributed by atoms with Gasteiger partial charge in [-0.15, -0.1) is 0 Å². The number of aliphatic hydroxyl groups excluding tert-OH is 1. The Kier molecular flexibility index (Phi) is 9.59. The molecule has 0 radical (unpaired) electrons. The van der Waals surface area contributed by atoms with E-state index in [1.54, 1.807) is 19.9 Å². The standard InChI is InChI=1S/C36H52O7/c1-10-21(2)13-11-12-14-31(38)42-29-15-18-36(9)28-20-27(37)23(4)26(19-25-32(39)22(3)24(5)41-33(25)40)35(28,8)17-16-30(36)43-34(29,6)7/h11-14,21,26-30,37,39H,4,10,15-20H2,1-3,5-9H3/b13-11+,14-12+/t21-,26+,27+,28+,29-,30+,35+,36+/m0/s1. The number of aromatic hydroxyl groups is 1. The summed E-state index contributed by atoms with van der Waals surface area (Å²) in [5, 5.41) is 22.3. The van der Waals surface area contributed by atoms with Crippen molar-refractivity contribution >= 4 is 5.97 Å². The molecule has 0 unspecified atom stereocenters. The molecular formula is C36H52O7. The van der Waals surface area contributed by atoms with Gasteiger partial charge in [-0.25, -0.2) is 9.59 Å². The first-order valence-corrected chi connectivity index (χ1v) is 16.0. The van der Waals surface area contributed by atoms with Gasteiger partial charge in [-0.05, 0) is 100 Å². The van der Waals surface area contributed by atoms with Gasteiger partial charge in [0.15, 0.2) is 0 Å². The van der Waals surface area contributed by atoms with Crippen molar-refractivity contribution in [1.82, 2.24) is 0 Å². The van der Waals surface area contributed by atoms with Crippen LogP contribution in [0.15, 0.2) is 45.7 Å². The van der Waals surface area contributed by atoms with Gasteiger partial charge < -0.3 is 24.1 Å². The van der Waals surface area contributed by atoms with Crippen molar-refractivity contribution in [2.75, 3.05) is 0 Å². The fraction of sp³-hybridized carbons (Fsp3) is 0.667. The van der Waals surface area contributed by atoms with Crippen LogP contribution in [-0.2, 0) is 20.7 Å². The van der Waals surface area contributed by atoms with E-state index in [2.05, 4.69) is 40.3 Å². The van der Waals surface area contributed by atoms with E-state index >= 15 is 0 Å². The van der Waals surface area contributed by atoms with E-state index in [9.17, 15) is 19.8 Å².